The summed E-state index contributed by atoms with van der Waals surface area (Å²) >= 11 is 6.07. The molecule has 10 heteroatoms. The number of fused-ring (bicyclic) bond motifs is 4. The summed E-state index contributed by atoms with van der Waals surface area (Å²) in [5, 5.41) is 11.2. The van der Waals surface area contributed by atoms with Crippen LogP contribution < -0.4 is 9.64 Å². The Morgan fingerprint density at radius 3 is 2.45 bits per heavy atom. The number of hydrogen-bond donors (Lipinski definition) is 1. The summed E-state index contributed by atoms with van der Waals surface area (Å²) in [6.45, 7) is 1.73. The lowest BCUT2D eigenvalue weighted by Gasteiger charge is -2.49. The summed E-state index contributed by atoms with van der Waals surface area (Å²) in [6.07, 6.45) is 7.12. The van der Waals surface area contributed by atoms with Gasteiger partial charge >= 0.3 is 0 Å². The van der Waals surface area contributed by atoms with E-state index in [0.29, 0.717) is 12.0 Å². The van der Waals surface area contributed by atoms with E-state index in [1.165, 1.54) is 24.1 Å². The lowest BCUT2D eigenvalue weighted by molar-refractivity contribution is -0.144. The topological polar surface area (TPSA) is 104 Å². The number of likely N-dealkylation sites (tertiary alicyclic amines) is 1. The number of ether oxygens (including phenoxy) is 1. The molecule has 0 radical (unpaired) electrons. The van der Waals surface area contributed by atoms with Crippen molar-refractivity contribution in [2.75, 3.05) is 12.0 Å². The third kappa shape index (κ3) is 3.93. The first-order chi connectivity index (χ1) is 21.1. The van der Waals surface area contributed by atoms with Gasteiger partial charge in [0.1, 0.15) is 5.82 Å². The molecule has 7 rings (SSSR count). The number of carbonyl (C=O) groups excluding carboxylic acids is 4. The number of halogens is 2. The summed E-state index contributed by atoms with van der Waals surface area (Å²) < 4.78 is 19.5. The van der Waals surface area contributed by atoms with Crippen LogP contribution in [0, 0.1) is 34.9 Å². The van der Waals surface area contributed by atoms with Gasteiger partial charge in [-0.25, -0.2) is 9.29 Å². The number of phenolic OH excluding ortho intramolecular Hbond substituents is 1. The lowest BCUT2D eigenvalue weighted by atomic mass is 9.51. The van der Waals surface area contributed by atoms with Crippen LogP contribution in [0.2, 0.25) is 5.02 Å². The fourth-order valence-corrected chi connectivity index (χ4v) is 9.06. The number of aromatic hydroxyl groups is 1. The Bertz CT molecular complexity index is 1640. The second-order valence-electron chi connectivity index (χ2n) is 13.0. The van der Waals surface area contributed by atoms with Crippen LogP contribution in [0.4, 0.5) is 10.1 Å². The summed E-state index contributed by atoms with van der Waals surface area (Å²) in [7, 11) is 1.43. The van der Waals surface area contributed by atoms with Gasteiger partial charge in [0.2, 0.25) is 23.6 Å². The van der Waals surface area contributed by atoms with Gasteiger partial charge in [0, 0.05) is 17.5 Å². The molecule has 5 aliphatic rings. The van der Waals surface area contributed by atoms with Crippen LogP contribution in [0.15, 0.2) is 48.0 Å². The average Bonchev–Trinajstić information content (AvgIpc) is 3.39. The van der Waals surface area contributed by atoms with Crippen molar-refractivity contribution < 1.29 is 33.4 Å². The largest absolute Gasteiger partial charge is 0.504 e. The Kier molecular flexibility index (Phi) is 6.88. The minimum Gasteiger partial charge on any atom is -0.504 e. The highest BCUT2D eigenvalue weighted by molar-refractivity contribution is 6.31. The first kappa shape index (κ1) is 29.0. The van der Waals surface area contributed by atoms with Crippen molar-refractivity contribution in [2.45, 2.75) is 63.8 Å². The minimum absolute atomic E-state index is 0.113. The van der Waals surface area contributed by atoms with Gasteiger partial charge in [-0.2, -0.15) is 0 Å². The molecule has 6 atom stereocenters. The summed E-state index contributed by atoms with van der Waals surface area (Å²) in [5.41, 5.74) is -0.0141. The molecule has 230 valence electrons. The van der Waals surface area contributed by atoms with Gasteiger partial charge in [0.25, 0.3) is 0 Å². The lowest BCUT2D eigenvalue weighted by Crippen LogP contribution is -2.49. The number of allylic oxidation sites excluding steroid dienone is 2. The average molecular weight is 621 g/mol. The van der Waals surface area contributed by atoms with Gasteiger partial charge in [-0.05, 0) is 62.8 Å². The quantitative estimate of drug-likeness (QED) is 0.345. The number of phenols is 1. The molecular formula is C34H34ClFN2O6. The highest BCUT2D eigenvalue weighted by Crippen LogP contribution is 2.65. The molecule has 0 spiro atoms. The predicted octanol–water partition coefficient (Wildman–Crippen LogP) is 5.76. The third-order valence-electron chi connectivity index (χ3n) is 11.0. The minimum atomic E-state index is -1.36. The maximum absolute atomic E-state index is 14.5. The summed E-state index contributed by atoms with van der Waals surface area (Å²) in [6, 6.07) is 8.65. The standard InChI is InChI=1S/C34H34ClFN2O6/c1-34-23(31(41)38(33(34)43)18-11-14-25(36)24(35)15-18)16-22-19(28(34)21-9-6-10-26(44-2)29(21)39)12-13-20-27(22)32(42)37(30(20)40)17-7-4-3-5-8-17/h6,9-12,14-15,17,20,22-23,27-28,39H,3-5,7-8,13,16H2,1-2H3/t20-,22+,23-,27-,28+,34+/m0/s1. The first-order valence-electron chi connectivity index (χ1n) is 15.4. The third-order valence-corrected chi connectivity index (χ3v) is 11.3. The number of nitrogens with zero attached hydrogens (tertiary/aromatic N) is 2. The van der Waals surface area contributed by atoms with Gasteiger partial charge in [0.15, 0.2) is 11.5 Å². The van der Waals surface area contributed by atoms with E-state index in [4.69, 9.17) is 16.3 Å². The Hall–Kier alpha value is -3.72. The Morgan fingerprint density at radius 1 is 1.00 bits per heavy atom. The van der Waals surface area contributed by atoms with E-state index in [9.17, 15) is 28.7 Å². The highest BCUT2D eigenvalue weighted by Gasteiger charge is 2.68. The summed E-state index contributed by atoms with van der Waals surface area (Å²) in [4.78, 5) is 59.3. The summed E-state index contributed by atoms with van der Waals surface area (Å²) in [5.74, 6) is -5.25. The normalized spacial score (nSPS) is 32.0. The van der Waals surface area contributed by atoms with E-state index in [2.05, 4.69) is 0 Å². The van der Waals surface area contributed by atoms with Gasteiger partial charge in [-0.1, -0.05) is 54.6 Å². The molecule has 4 amide bonds. The molecule has 2 aromatic carbocycles. The number of amides is 4. The number of methoxy groups -OCH3 is 1. The van der Waals surface area contributed by atoms with E-state index >= 15 is 0 Å². The second-order valence-corrected chi connectivity index (χ2v) is 13.4. The zero-order chi connectivity index (χ0) is 31.1. The maximum atomic E-state index is 14.5. The van der Waals surface area contributed by atoms with E-state index in [-0.39, 0.29) is 46.5 Å². The van der Waals surface area contributed by atoms with E-state index in [1.54, 1.807) is 25.1 Å². The van der Waals surface area contributed by atoms with Crippen LogP contribution in [0.5, 0.6) is 11.5 Å². The SMILES string of the molecule is COc1cccc([C@H]2C3=CC[C@@H]4C(=O)N(C5CCCCC5)C(=O)[C@@H]4[C@@H]3C[C@H]3C(=O)N(c4ccc(F)c(Cl)c4)C(=O)[C@@]23C)c1O. The van der Waals surface area contributed by atoms with Crippen molar-refractivity contribution >= 4 is 40.9 Å². The Balaban J connectivity index is 1.37. The van der Waals surface area contributed by atoms with Crippen molar-refractivity contribution in [3.05, 3.63) is 64.5 Å². The van der Waals surface area contributed by atoms with Gasteiger partial charge in [-0.3, -0.25) is 24.1 Å². The molecule has 8 nitrogen and oxygen atoms in total. The van der Waals surface area contributed by atoms with Gasteiger partial charge in [-0.15, -0.1) is 0 Å². The number of rotatable bonds is 4. The molecule has 44 heavy (non-hydrogen) atoms. The Morgan fingerprint density at radius 2 is 1.75 bits per heavy atom. The van der Waals surface area contributed by atoms with Crippen molar-refractivity contribution in [1.82, 2.24) is 4.90 Å². The van der Waals surface area contributed by atoms with Crippen molar-refractivity contribution in [3.63, 3.8) is 0 Å². The van der Waals surface area contributed by atoms with E-state index < -0.39 is 52.6 Å². The van der Waals surface area contributed by atoms with Crippen LogP contribution in [0.25, 0.3) is 0 Å². The monoisotopic (exact) mass is 620 g/mol. The zero-order valence-electron chi connectivity index (χ0n) is 24.6. The maximum Gasteiger partial charge on any atom is 0.241 e. The van der Waals surface area contributed by atoms with Crippen molar-refractivity contribution in [2.24, 2.45) is 29.1 Å². The molecule has 3 aliphatic carbocycles. The molecule has 2 heterocycles. The van der Waals surface area contributed by atoms with Crippen LogP contribution in [0.1, 0.15) is 63.4 Å². The van der Waals surface area contributed by atoms with Gasteiger partial charge in [0.05, 0.1) is 41.0 Å². The molecule has 0 bridgehead atoms. The number of benzene rings is 2. The van der Waals surface area contributed by atoms with Crippen LogP contribution in [-0.2, 0) is 19.2 Å². The first-order valence-corrected chi connectivity index (χ1v) is 15.7. The molecule has 2 aliphatic heterocycles. The zero-order valence-corrected chi connectivity index (χ0v) is 25.4. The fraction of sp³-hybridized carbons (Fsp3) is 0.471. The van der Waals surface area contributed by atoms with Crippen LogP contribution in [0.3, 0.4) is 0 Å². The molecule has 2 saturated carbocycles. The molecule has 0 unspecified atom stereocenters. The molecule has 2 saturated heterocycles. The Labute approximate surface area is 259 Å². The predicted molar refractivity (Wildman–Crippen MR) is 159 cm³/mol. The molecule has 4 fully saturated rings. The van der Waals surface area contributed by atoms with E-state index in [0.717, 1.165) is 48.6 Å². The molecular weight excluding hydrogens is 587 g/mol. The van der Waals surface area contributed by atoms with Crippen molar-refractivity contribution in [1.29, 1.82) is 0 Å². The van der Waals surface area contributed by atoms with Crippen LogP contribution in [-0.4, -0.2) is 46.8 Å². The number of anilines is 1. The number of hydrogen-bond acceptors (Lipinski definition) is 6. The molecule has 1 N–H and O–H groups in total. The number of carbonyl (C=O) groups is 4. The smallest absolute Gasteiger partial charge is 0.241 e. The fourth-order valence-electron chi connectivity index (χ4n) is 8.89. The highest BCUT2D eigenvalue weighted by atomic mass is 35.5. The van der Waals surface area contributed by atoms with E-state index in [1.807, 2.05) is 6.08 Å². The second kappa shape index (κ2) is 10.4. The number of para-hydroxylation sites is 1. The molecule has 0 aromatic heterocycles. The van der Waals surface area contributed by atoms with Crippen LogP contribution >= 0.6 is 11.6 Å². The molecule has 2 aromatic rings. The van der Waals surface area contributed by atoms with Crippen molar-refractivity contribution in [3.8, 4) is 11.5 Å². The van der Waals surface area contributed by atoms with Gasteiger partial charge < -0.3 is 9.84 Å². The number of imide groups is 2.